The van der Waals surface area contributed by atoms with Gasteiger partial charge in [0.05, 0.1) is 26.4 Å². The van der Waals surface area contributed by atoms with E-state index in [1.807, 2.05) is 30.3 Å². The molecule has 0 fully saturated rings. The summed E-state index contributed by atoms with van der Waals surface area (Å²) in [7, 11) is 0. The molecule has 4 aromatic rings. The van der Waals surface area contributed by atoms with Crippen LogP contribution in [-0.4, -0.2) is 65.5 Å². The summed E-state index contributed by atoms with van der Waals surface area (Å²) in [5.74, 6) is 1.03. The van der Waals surface area contributed by atoms with Gasteiger partial charge in [0, 0.05) is 35.7 Å². The van der Waals surface area contributed by atoms with E-state index in [9.17, 15) is 9.90 Å². The minimum absolute atomic E-state index is 0.127. The van der Waals surface area contributed by atoms with Crippen LogP contribution in [0.2, 0.25) is 0 Å². The van der Waals surface area contributed by atoms with Gasteiger partial charge >= 0.3 is 0 Å². The number of phenols is 1. The maximum Gasteiger partial charge on any atom is 0.251 e. The van der Waals surface area contributed by atoms with E-state index in [2.05, 4.69) is 36.2 Å². The molecule has 7 N–H and O–H groups in total. The highest BCUT2D eigenvalue weighted by Crippen LogP contribution is 2.20. The van der Waals surface area contributed by atoms with Crippen molar-refractivity contribution < 1.29 is 19.4 Å². The van der Waals surface area contributed by atoms with E-state index in [1.54, 1.807) is 48.5 Å². The van der Waals surface area contributed by atoms with Gasteiger partial charge in [0.15, 0.2) is 0 Å². The van der Waals surface area contributed by atoms with Gasteiger partial charge in [-0.05, 0) is 60.7 Å². The highest BCUT2D eigenvalue weighted by Gasteiger charge is 2.08. The molecule has 1 amide bonds. The first-order valence-electron chi connectivity index (χ1n) is 12.7. The number of nitrogens with two attached hydrogens (primary N) is 1. The Morgan fingerprint density at radius 3 is 1.88 bits per heavy atom. The van der Waals surface area contributed by atoms with E-state index in [-0.39, 0.29) is 11.7 Å². The van der Waals surface area contributed by atoms with Crippen molar-refractivity contribution in [2.45, 2.75) is 0 Å². The second kappa shape index (κ2) is 14.9. The summed E-state index contributed by atoms with van der Waals surface area (Å²) in [4.78, 5) is 25.3. The van der Waals surface area contributed by atoms with Gasteiger partial charge in [0.1, 0.15) is 5.75 Å². The number of carbonyl (C=O) groups is 1. The molecule has 0 saturated heterocycles. The smallest absolute Gasteiger partial charge is 0.251 e. The van der Waals surface area contributed by atoms with Crippen molar-refractivity contribution in [3.05, 3.63) is 84.4 Å². The number of carbonyl (C=O) groups excluding carboxylic acids is 1. The second-order valence-corrected chi connectivity index (χ2v) is 8.50. The Hall–Kier alpha value is -4.94. The lowest BCUT2D eigenvalue weighted by Crippen LogP contribution is -2.27. The molecule has 0 aliphatic heterocycles. The van der Waals surface area contributed by atoms with E-state index in [0.29, 0.717) is 74.3 Å². The molecule has 12 nitrogen and oxygen atoms in total. The highest BCUT2D eigenvalue weighted by molar-refractivity contribution is 5.94. The summed E-state index contributed by atoms with van der Waals surface area (Å²) in [5, 5.41) is 21.7. The molecule has 12 heteroatoms. The highest BCUT2D eigenvalue weighted by atomic mass is 16.5. The average molecular weight is 545 g/mol. The molecular weight excluding hydrogens is 512 g/mol. The number of ether oxygens (including phenoxy) is 2. The third-order valence-electron chi connectivity index (χ3n) is 5.40. The molecule has 0 aliphatic rings. The molecule has 1 aromatic heterocycles. The standard InChI is InChI=1S/C28H32N8O4/c29-21-6-8-22(9-7-21)32-27-34-26(35-28(36-27)33-23-10-12-24(37)13-11-23)31-15-17-40-19-18-39-16-14-30-25(38)20-4-2-1-3-5-20/h1-13,37H,14-19,29H2,(H,30,38)(H3,31,32,33,34,35,36). The number of hydrogen-bond donors (Lipinski definition) is 6. The zero-order valence-electron chi connectivity index (χ0n) is 21.8. The van der Waals surface area contributed by atoms with Crippen molar-refractivity contribution >= 4 is 40.8 Å². The number of amides is 1. The first-order chi connectivity index (χ1) is 19.5. The predicted octanol–water partition coefficient (Wildman–Crippen LogP) is 3.52. The Morgan fingerprint density at radius 1 is 0.700 bits per heavy atom. The molecule has 1 heterocycles. The van der Waals surface area contributed by atoms with Gasteiger partial charge in [-0.15, -0.1) is 0 Å². The van der Waals surface area contributed by atoms with Crippen molar-refractivity contribution in [2.24, 2.45) is 0 Å². The zero-order chi connectivity index (χ0) is 28.0. The molecule has 0 atom stereocenters. The Balaban J connectivity index is 1.20. The van der Waals surface area contributed by atoms with E-state index in [1.165, 1.54) is 0 Å². The average Bonchev–Trinajstić information content (AvgIpc) is 2.97. The number of nitrogens with one attached hydrogen (secondary N) is 4. The largest absolute Gasteiger partial charge is 0.508 e. The quantitative estimate of drug-likeness (QED) is 0.0735. The number of phenolic OH excluding ortho intramolecular Hbond substituents is 1. The third-order valence-corrected chi connectivity index (χ3v) is 5.40. The Kier molecular flexibility index (Phi) is 10.4. The van der Waals surface area contributed by atoms with Crippen LogP contribution < -0.4 is 27.0 Å². The number of aromatic hydroxyl groups is 1. The molecule has 3 aromatic carbocycles. The maximum atomic E-state index is 12.0. The van der Waals surface area contributed by atoms with Gasteiger partial charge in [-0.25, -0.2) is 0 Å². The minimum Gasteiger partial charge on any atom is -0.508 e. The second-order valence-electron chi connectivity index (χ2n) is 8.50. The summed E-state index contributed by atoms with van der Waals surface area (Å²) in [6.45, 7) is 2.48. The van der Waals surface area contributed by atoms with Gasteiger partial charge in [0.25, 0.3) is 5.91 Å². The van der Waals surface area contributed by atoms with Gasteiger partial charge < -0.3 is 41.6 Å². The van der Waals surface area contributed by atoms with E-state index in [4.69, 9.17) is 15.2 Å². The SMILES string of the molecule is Nc1ccc(Nc2nc(NCCOCCOCCNC(=O)c3ccccc3)nc(Nc3ccc(O)cc3)n2)cc1. The van der Waals surface area contributed by atoms with Crippen LogP contribution in [-0.2, 0) is 9.47 Å². The van der Waals surface area contributed by atoms with E-state index in [0.717, 1.165) is 5.69 Å². The van der Waals surface area contributed by atoms with Crippen LogP contribution in [0.15, 0.2) is 78.9 Å². The van der Waals surface area contributed by atoms with Crippen LogP contribution in [0, 0.1) is 0 Å². The van der Waals surface area contributed by atoms with Crippen LogP contribution >= 0.6 is 0 Å². The van der Waals surface area contributed by atoms with Gasteiger partial charge in [-0.1, -0.05) is 18.2 Å². The fourth-order valence-corrected chi connectivity index (χ4v) is 3.42. The summed E-state index contributed by atoms with van der Waals surface area (Å²) in [6.07, 6.45) is 0. The first kappa shape index (κ1) is 28.1. The predicted molar refractivity (Wildman–Crippen MR) is 154 cm³/mol. The number of nitrogen functional groups attached to an aromatic ring is 1. The zero-order valence-corrected chi connectivity index (χ0v) is 21.8. The van der Waals surface area contributed by atoms with Crippen LogP contribution in [0.4, 0.5) is 34.9 Å². The topological polar surface area (TPSA) is 169 Å². The summed E-state index contributed by atoms with van der Waals surface area (Å²) < 4.78 is 11.1. The van der Waals surface area contributed by atoms with Crippen molar-refractivity contribution in [1.29, 1.82) is 0 Å². The van der Waals surface area contributed by atoms with Gasteiger partial charge in [-0.2, -0.15) is 15.0 Å². The number of nitrogens with zero attached hydrogens (tertiary/aromatic N) is 3. The number of hydrogen-bond acceptors (Lipinski definition) is 11. The normalized spacial score (nSPS) is 10.6. The van der Waals surface area contributed by atoms with Crippen molar-refractivity contribution in [2.75, 3.05) is 61.2 Å². The van der Waals surface area contributed by atoms with E-state index >= 15 is 0 Å². The monoisotopic (exact) mass is 544 g/mol. The molecule has 0 saturated carbocycles. The van der Waals surface area contributed by atoms with Crippen molar-refractivity contribution in [3.63, 3.8) is 0 Å². The third kappa shape index (κ3) is 9.42. The molecule has 0 aliphatic carbocycles. The number of anilines is 6. The van der Waals surface area contributed by atoms with Gasteiger partial charge in [-0.3, -0.25) is 4.79 Å². The molecule has 0 spiro atoms. The fourth-order valence-electron chi connectivity index (χ4n) is 3.42. The maximum absolute atomic E-state index is 12.0. The lowest BCUT2D eigenvalue weighted by atomic mass is 10.2. The molecular formula is C28H32N8O4. The fraction of sp³-hybridized carbons (Fsp3) is 0.214. The van der Waals surface area contributed by atoms with Crippen LogP contribution in [0.5, 0.6) is 5.75 Å². The molecule has 0 unspecified atom stereocenters. The summed E-state index contributed by atoms with van der Waals surface area (Å²) in [5.41, 5.74) is 8.52. The number of benzene rings is 3. The first-order valence-corrected chi connectivity index (χ1v) is 12.7. The Labute approximate surface area is 232 Å². The van der Waals surface area contributed by atoms with Crippen LogP contribution in [0.25, 0.3) is 0 Å². The lowest BCUT2D eigenvalue weighted by molar-refractivity contribution is 0.0519. The van der Waals surface area contributed by atoms with Crippen molar-refractivity contribution in [1.82, 2.24) is 20.3 Å². The van der Waals surface area contributed by atoms with Crippen molar-refractivity contribution in [3.8, 4) is 5.75 Å². The van der Waals surface area contributed by atoms with Crippen LogP contribution in [0.3, 0.4) is 0 Å². The Morgan fingerprint density at radius 2 is 1.25 bits per heavy atom. The molecule has 40 heavy (non-hydrogen) atoms. The molecule has 208 valence electrons. The van der Waals surface area contributed by atoms with E-state index < -0.39 is 0 Å². The number of aromatic nitrogens is 3. The minimum atomic E-state index is -0.127. The lowest BCUT2D eigenvalue weighted by Gasteiger charge is -2.12. The molecule has 4 rings (SSSR count). The van der Waals surface area contributed by atoms with Crippen LogP contribution in [0.1, 0.15) is 10.4 Å². The molecule has 0 radical (unpaired) electrons. The summed E-state index contributed by atoms with van der Waals surface area (Å²) in [6, 6.07) is 22.8. The summed E-state index contributed by atoms with van der Waals surface area (Å²) >= 11 is 0. The number of rotatable bonds is 15. The van der Waals surface area contributed by atoms with Gasteiger partial charge in [0.2, 0.25) is 17.8 Å². The Bertz CT molecular complexity index is 1270. The molecule has 0 bridgehead atoms.